The summed E-state index contributed by atoms with van der Waals surface area (Å²) in [6, 6.07) is 0. The summed E-state index contributed by atoms with van der Waals surface area (Å²) >= 11 is 0. The van der Waals surface area contributed by atoms with Crippen LogP contribution in [-0.2, 0) is 28.6 Å². The molecule has 0 fully saturated rings. The molecule has 1 atom stereocenters. The van der Waals surface area contributed by atoms with Gasteiger partial charge in [0.05, 0.1) is 0 Å². The third kappa shape index (κ3) is 65.0. The van der Waals surface area contributed by atoms with Gasteiger partial charge in [0.25, 0.3) is 0 Å². The van der Waals surface area contributed by atoms with Gasteiger partial charge >= 0.3 is 17.9 Å². The first-order chi connectivity index (χ1) is 39.0. The molecule has 0 radical (unpaired) electrons. The third-order valence-electron chi connectivity index (χ3n) is 14.6. The van der Waals surface area contributed by atoms with Gasteiger partial charge in [-0.15, -0.1) is 0 Å². The lowest BCUT2D eigenvalue weighted by molar-refractivity contribution is -0.166. The van der Waals surface area contributed by atoms with E-state index in [1.165, 1.54) is 205 Å². The van der Waals surface area contributed by atoms with Crippen LogP contribution < -0.4 is 0 Å². The van der Waals surface area contributed by atoms with Crippen molar-refractivity contribution in [3.8, 4) is 0 Å². The van der Waals surface area contributed by atoms with E-state index in [1.807, 2.05) is 6.08 Å². The number of allylic oxidation sites excluding steroid dienone is 16. The van der Waals surface area contributed by atoms with Crippen LogP contribution in [-0.4, -0.2) is 37.2 Å². The average Bonchev–Trinajstić information content (AvgIpc) is 3.45. The maximum absolute atomic E-state index is 12.9. The Morgan fingerprint density at radius 1 is 0.266 bits per heavy atom. The van der Waals surface area contributed by atoms with Crippen molar-refractivity contribution in [1.82, 2.24) is 0 Å². The van der Waals surface area contributed by atoms with Crippen molar-refractivity contribution in [1.29, 1.82) is 0 Å². The summed E-state index contributed by atoms with van der Waals surface area (Å²) in [5.74, 6) is -0.982. The lowest BCUT2D eigenvalue weighted by Gasteiger charge is -2.18. The number of ether oxygens (including phenoxy) is 3. The first-order valence-electron chi connectivity index (χ1n) is 33.7. The Bertz CT molecular complexity index is 1540. The Hall–Kier alpha value is -3.67. The van der Waals surface area contributed by atoms with Gasteiger partial charge in [-0.25, -0.2) is 0 Å². The van der Waals surface area contributed by atoms with Gasteiger partial charge in [0.1, 0.15) is 13.2 Å². The fourth-order valence-electron chi connectivity index (χ4n) is 9.52. The van der Waals surface area contributed by atoms with Crippen molar-refractivity contribution in [3.05, 3.63) is 97.2 Å². The molecule has 0 aromatic carbocycles. The van der Waals surface area contributed by atoms with Crippen molar-refractivity contribution in [2.75, 3.05) is 13.2 Å². The summed E-state index contributed by atoms with van der Waals surface area (Å²) in [5.41, 5.74) is 0. The monoisotopic (exact) mass is 1100 g/mol. The molecule has 0 aromatic heterocycles. The summed E-state index contributed by atoms with van der Waals surface area (Å²) in [7, 11) is 0. The molecule has 0 aliphatic carbocycles. The van der Waals surface area contributed by atoms with Crippen molar-refractivity contribution in [2.24, 2.45) is 0 Å². The van der Waals surface area contributed by atoms with E-state index in [4.69, 9.17) is 14.2 Å². The van der Waals surface area contributed by atoms with E-state index in [0.29, 0.717) is 19.3 Å². The minimum Gasteiger partial charge on any atom is -0.462 e. The van der Waals surface area contributed by atoms with Gasteiger partial charge in [0.2, 0.25) is 0 Å². The minimum absolute atomic E-state index is 0.107. The molecule has 6 nitrogen and oxygen atoms in total. The first kappa shape index (κ1) is 75.3. The zero-order valence-corrected chi connectivity index (χ0v) is 52.1. The van der Waals surface area contributed by atoms with Gasteiger partial charge in [-0.2, -0.15) is 0 Å². The van der Waals surface area contributed by atoms with Gasteiger partial charge in [-0.3, -0.25) is 14.4 Å². The summed E-state index contributed by atoms with van der Waals surface area (Å²) in [6.07, 6.45) is 90.1. The van der Waals surface area contributed by atoms with E-state index < -0.39 is 6.10 Å². The molecule has 0 saturated heterocycles. The molecule has 0 N–H and O–H groups in total. The summed E-state index contributed by atoms with van der Waals surface area (Å²) in [5, 5.41) is 0. The van der Waals surface area contributed by atoms with Crippen molar-refractivity contribution in [3.63, 3.8) is 0 Å². The van der Waals surface area contributed by atoms with Gasteiger partial charge < -0.3 is 14.2 Å². The molecule has 1 unspecified atom stereocenters. The maximum Gasteiger partial charge on any atom is 0.306 e. The first-order valence-corrected chi connectivity index (χ1v) is 33.7. The highest BCUT2D eigenvalue weighted by molar-refractivity contribution is 5.71. The normalized spacial score (nSPS) is 12.7. The predicted octanol–water partition coefficient (Wildman–Crippen LogP) is 23.2. The Kier molecular flexibility index (Phi) is 63.7. The van der Waals surface area contributed by atoms with E-state index in [9.17, 15) is 14.4 Å². The SMILES string of the molecule is CC/C=C\C/C=C\C/C=C\C/C=C\C/C=C\C/C=C\CCC(=O)OC(COC(=O)CCCCCCCCCCC/C=C\CCCCCCCC)COC(=O)CCCCCCCCCCCCC/C=C\CCCCCCCCCC. The predicted molar refractivity (Wildman–Crippen MR) is 344 cm³/mol. The van der Waals surface area contributed by atoms with E-state index in [2.05, 4.69) is 112 Å². The second kappa shape index (κ2) is 66.8. The molecular weight excluding hydrogens is 973 g/mol. The number of hydrogen-bond donors (Lipinski definition) is 0. The van der Waals surface area contributed by atoms with E-state index in [1.54, 1.807) is 0 Å². The largest absolute Gasteiger partial charge is 0.462 e. The number of esters is 3. The van der Waals surface area contributed by atoms with Gasteiger partial charge in [-0.05, 0) is 109 Å². The molecule has 0 saturated carbocycles. The average molecular weight is 1100 g/mol. The van der Waals surface area contributed by atoms with Crippen LogP contribution in [0.4, 0.5) is 0 Å². The fraction of sp³-hybridized carbons (Fsp3) is 0.740. The van der Waals surface area contributed by atoms with Gasteiger partial charge in [0, 0.05) is 19.3 Å². The maximum atomic E-state index is 12.9. The standard InChI is InChI=1S/C73H126O6/c1-4-7-10-13-16-19-22-25-28-31-34-35-36-37-40-42-45-48-51-54-57-60-63-66-72(75)78-69-70(79-73(76)67-64-61-58-55-52-49-46-43-39-33-30-27-24-21-18-15-12-9-6-3)68-77-71(74)65-62-59-56-53-50-47-44-41-38-32-29-26-23-20-17-14-11-8-5-2/h9,12,18,21,26-27,29-31,34,39,43,49,52,58,61,70H,4-8,10-11,13-17,19-20,22-25,28,32-33,35-38,40-42,44-48,50-51,53-57,59-60,62-69H2,1-3H3/b12-9-,21-18-,29-26-,30-27-,34-31-,43-39-,52-49-,61-58-. The Morgan fingerprint density at radius 2 is 0.519 bits per heavy atom. The van der Waals surface area contributed by atoms with E-state index in [0.717, 1.165) is 77.0 Å². The number of rotatable bonds is 61. The molecule has 0 rings (SSSR count). The molecular formula is C73H126O6. The molecule has 0 bridgehead atoms. The minimum atomic E-state index is -0.821. The highest BCUT2D eigenvalue weighted by Crippen LogP contribution is 2.16. The van der Waals surface area contributed by atoms with Gasteiger partial charge in [-0.1, -0.05) is 298 Å². The zero-order chi connectivity index (χ0) is 57.1. The lowest BCUT2D eigenvalue weighted by Crippen LogP contribution is -2.30. The van der Waals surface area contributed by atoms with Crippen molar-refractivity contribution >= 4 is 17.9 Å². The van der Waals surface area contributed by atoms with Crippen LogP contribution in [0.3, 0.4) is 0 Å². The molecule has 0 aliphatic rings. The molecule has 6 heteroatoms. The summed E-state index contributed by atoms with van der Waals surface area (Å²) in [6.45, 7) is 6.50. The summed E-state index contributed by atoms with van der Waals surface area (Å²) in [4.78, 5) is 38.4. The second-order valence-corrected chi connectivity index (χ2v) is 22.3. The lowest BCUT2D eigenvalue weighted by atomic mass is 10.0. The molecule has 0 amide bonds. The van der Waals surface area contributed by atoms with E-state index in [-0.39, 0.29) is 37.5 Å². The topological polar surface area (TPSA) is 78.9 Å². The molecule has 454 valence electrons. The van der Waals surface area contributed by atoms with Crippen LogP contribution in [0.15, 0.2) is 97.2 Å². The van der Waals surface area contributed by atoms with Crippen LogP contribution in [0.5, 0.6) is 0 Å². The van der Waals surface area contributed by atoms with Crippen LogP contribution >= 0.6 is 0 Å². The molecule has 0 heterocycles. The van der Waals surface area contributed by atoms with Crippen molar-refractivity contribution in [2.45, 2.75) is 335 Å². The Balaban J connectivity index is 4.44. The van der Waals surface area contributed by atoms with Crippen LogP contribution in [0.2, 0.25) is 0 Å². The number of carbonyl (C=O) groups is 3. The van der Waals surface area contributed by atoms with Crippen LogP contribution in [0.1, 0.15) is 329 Å². The second-order valence-electron chi connectivity index (χ2n) is 22.3. The summed E-state index contributed by atoms with van der Waals surface area (Å²) < 4.78 is 16.9. The van der Waals surface area contributed by atoms with Crippen LogP contribution in [0.25, 0.3) is 0 Å². The smallest absolute Gasteiger partial charge is 0.306 e. The zero-order valence-electron chi connectivity index (χ0n) is 52.1. The molecule has 79 heavy (non-hydrogen) atoms. The molecule has 0 spiro atoms. The van der Waals surface area contributed by atoms with Crippen LogP contribution in [0, 0.1) is 0 Å². The highest BCUT2D eigenvalue weighted by Gasteiger charge is 2.19. The Labute approximate surface area is 489 Å². The van der Waals surface area contributed by atoms with Gasteiger partial charge in [0.15, 0.2) is 6.10 Å². The highest BCUT2D eigenvalue weighted by atomic mass is 16.6. The van der Waals surface area contributed by atoms with E-state index >= 15 is 0 Å². The third-order valence-corrected chi connectivity index (χ3v) is 14.6. The quantitative estimate of drug-likeness (QED) is 0.0261. The Morgan fingerprint density at radius 3 is 0.823 bits per heavy atom. The fourth-order valence-corrected chi connectivity index (χ4v) is 9.52. The number of carbonyl (C=O) groups excluding carboxylic acids is 3. The molecule has 0 aliphatic heterocycles. The number of unbranched alkanes of at least 4 members (excludes halogenated alkanes) is 34. The van der Waals surface area contributed by atoms with Crippen molar-refractivity contribution < 1.29 is 28.6 Å². The molecule has 0 aromatic rings. The number of hydrogen-bond acceptors (Lipinski definition) is 6.